The molecule has 154 valence electrons. The number of hydrogen-bond donors (Lipinski definition) is 0. The van der Waals surface area contributed by atoms with E-state index in [9.17, 15) is 9.18 Å². The molecule has 0 spiro atoms. The largest absolute Gasteiger partial charge is 0.495 e. The lowest BCUT2D eigenvalue weighted by molar-refractivity contribution is -0.0859. The Hall–Kier alpha value is -1.93. The van der Waals surface area contributed by atoms with Gasteiger partial charge in [-0.1, -0.05) is 23.2 Å². The molecular formula is C20H20Cl2FN3O3. The summed E-state index contributed by atoms with van der Waals surface area (Å²) < 4.78 is 25.5. The molecule has 2 saturated heterocycles. The van der Waals surface area contributed by atoms with E-state index in [1.165, 1.54) is 19.2 Å². The maximum atomic E-state index is 14.3. The summed E-state index contributed by atoms with van der Waals surface area (Å²) in [6.45, 7) is 2.71. The number of piperazine rings is 1. The average Bonchev–Trinajstić information content (AvgIpc) is 2.73. The molecule has 0 N–H and O–H groups in total. The van der Waals surface area contributed by atoms with E-state index in [1.54, 1.807) is 17.3 Å². The lowest BCUT2D eigenvalue weighted by atomic mass is 10.0. The first kappa shape index (κ1) is 20.3. The van der Waals surface area contributed by atoms with Crippen LogP contribution >= 0.6 is 23.2 Å². The van der Waals surface area contributed by atoms with E-state index >= 15 is 0 Å². The molecule has 0 bridgehead atoms. The Morgan fingerprint density at radius 3 is 2.86 bits per heavy atom. The van der Waals surface area contributed by atoms with E-state index in [0.29, 0.717) is 37.8 Å². The van der Waals surface area contributed by atoms with Crippen molar-refractivity contribution >= 4 is 29.1 Å². The number of ether oxygens (including phenoxy) is 2. The SMILES string of the molecule is COc1ccc(F)c(C(=O)N2CCN3C[C@@H](c4cncc(Cl)c4)OC[C@@H]3C2)c1Cl. The lowest BCUT2D eigenvalue weighted by Gasteiger charge is -2.46. The summed E-state index contributed by atoms with van der Waals surface area (Å²) in [5, 5.41) is 0.564. The van der Waals surface area contributed by atoms with Crippen molar-refractivity contribution < 1.29 is 18.7 Å². The molecule has 2 atom stereocenters. The Morgan fingerprint density at radius 2 is 2.10 bits per heavy atom. The summed E-state index contributed by atoms with van der Waals surface area (Å²) in [6, 6.07) is 4.49. The van der Waals surface area contributed by atoms with Crippen LogP contribution in [0.3, 0.4) is 0 Å². The van der Waals surface area contributed by atoms with Gasteiger partial charge in [0.25, 0.3) is 5.91 Å². The van der Waals surface area contributed by atoms with Crippen molar-refractivity contribution in [3.05, 3.63) is 57.6 Å². The molecule has 2 fully saturated rings. The van der Waals surface area contributed by atoms with Gasteiger partial charge in [-0.25, -0.2) is 4.39 Å². The number of benzene rings is 1. The molecule has 3 heterocycles. The number of nitrogens with zero attached hydrogens (tertiary/aromatic N) is 3. The minimum atomic E-state index is -0.656. The van der Waals surface area contributed by atoms with E-state index in [4.69, 9.17) is 32.7 Å². The third-order valence-electron chi connectivity index (χ3n) is 5.37. The fourth-order valence-corrected chi connectivity index (χ4v) is 4.31. The van der Waals surface area contributed by atoms with Crippen LogP contribution < -0.4 is 4.74 Å². The first-order chi connectivity index (χ1) is 14.0. The highest BCUT2D eigenvalue weighted by atomic mass is 35.5. The molecule has 1 aromatic heterocycles. The molecule has 1 aromatic carbocycles. The van der Waals surface area contributed by atoms with Gasteiger partial charge in [-0.2, -0.15) is 0 Å². The molecule has 9 heteroatoms. The van der Waals surface area contributed by atoms with Gasteiger partial charge in [-0.05, 0) is 18.2 Å². The van der Waals surface area contributed by atoms with Crippen LogP contribution in [-0.2, 0) is 4.74 Å². The van der Waals surface area contributed by atoms with Crippen molar-refractivity contribution in [1.82, 2.24) is 14.8 Å². The summed E-state index contributed by atoms with van der Waals surface area (Å²) in [7, 11) is 1.43. The first-order valence-electron chi connectivity index (χ1n) is 9.25. The summed E-state index contributed by atoms with van der Waals surface area (Å²) in [4.78, 5) is 21.0. The second-order valence-corrected chi connectivity index (χ2v) is 7.91. The highest BCUT2D eigenvalue weighted by Crippen LogP contribution is 2.32. The highest BCUT2D eigenvalue weighted by molar-refractivity contribution is 6.35. The van der Waals surface area contributed by atoms with Crippen LogP contribution in [0.4, 0.5) is 4.39 Å². The Labute approximate surface area is 178 Å². The zero-order valence-electron chi connectivity index (χ0n) is 15.8. The average molecular weight is 440 g/mol. The van der Waals surface area contributed by atoms with Gasteiger partial charge in [0.2, 0.25) is 0 Å². The van der Waals surface area contributed by atoms with E-state index in [1.807, 2.05) is 6.07 Å². The van der Waals surface area contributed by atoms with E-state index in [2.05, 4.69) is 9.88 Å². The summed E-state index contributed by atoms with van der Waals surface area (Å²) >= 11 is 12.2. The Balaban J connectivity index is 1.46. The molecule has 0 unspecified atom stereocenters. The Kier molecular flexibility index (Phi) is 5.92. The van der Waals surface area contributed by atoms with E-state index in [-0.39, 0.29) is 28.5 Å². The fraction of sp³-hybridized carbons (Fsp3) is 0.400. The summed E-state index contributed by atoms with van der Waals surface area (Å²) in [5.74, 6) is -0.821. The molecular weight excluding hydrogens is 420 g/mol. The monoisotopic (exact) mass is 439 g/mol. The van der Waals surface area contributed by atoms with Gasteiger partial charge in [0.1, 0.15) is 11.6 Å². The number of halogens is 3. The van der Waals surface area contributed by atoms with Gasteiger partial charge in [0.05, 0.1) is 41.5 Å². The zero-order chi connectivity index (χ0) is 20.5. The third-order valence-corrected chi connectivity index (χ3v) is 5.95. The van der Waals surface area contributed by atoms with E-state index < -0.39 is 11.7 Å². The predicted octanol–water partition coefficient (Wildman–Crippen LogP) is 3.43. The number of carbonyl (C=O) groups is 1. The zero-order valence-corrected chi connectivity index (χ0v) is 17.3. The Bertz CT molecular complexity index is 930. The van der Waals surface area contributed by atoms with Gasteiger partial charge in [0.15, 0.2) is 0 Å². The van der Waals surface area contributed by atoms with Crippen molar-refractivity contribution in [2.45, 2.75) is 12.1 Å². The maximum Gasteiger partial charge on any atom is 0.258 e. The normalized spacial score (nSPS) is 22.3. The molecule has 4 rings (SSSR count). The predicted molar refractivity (Wildman–Crippen MR) is 107 cm³/mol. The van der Waals surface area contributed by atoms with E-state index in [0.717, 1.165) is 5.56 Å². The number of pyridine rings is 1. The van der Waals surface area contributed by atoms with Crippen molar-refractivity contribution in [1.29, 1.82) is 0 Å². The number of rotatable bonds is 3. The number of aromatic nitrogens is 1. The topological polar surface area (TPSA) is 54.9 Å². The molecule has 0 aliphatic carbocycles. The van der Waals surface area contributed by atoms with Crippen LogP contribution in [0.1, 0.15) is 22.0 Å². The molecule has 0 radical (unpaired) electrons. The van der Waals surface area contributed by atoms with Crippen LogP contribution in [0.5, 0.6) is 5.75 Å². The second-order valence-electron chi connectivity index (χ2n) is 7.10. The van der Waals surface area contributed by atoms with Gasteiger partial charge in [-0.3, -0.25) is 14.7 Å². The maximum absolute atomic E-state index is 14.3. The number of methoxy groups -OCH3 is 1. The molecule has 2 aliphatic heterocycles. The van der Waals surface area contributed by atoms with Gasteiger partial charge in [0, 0.05) is 44.1 Å². The van der Waals surface area contributed by atoms with Crippen LogP contribution in [0.25, 0.3) is 0 Å². The molecule has 6 nitrogen and oxygen atoms in total. The van der Waals surface area contributed by atoms with Gasteiger partial charge >= 0.3 is 0 Å². The molecule has 2 aliphatic rings. The number of morpholine rings is 1. The third kappa shape index (κ3) is 4.05. The second kappa shape index (κ2) is 8.44. The fourth-order valence-electron chi connectivity index (χ4n) is 3.82. The van der Waals surface area contributed by atoms with Crippen LogP contribution in [0.2, 0.25) is 10.0 Å². The molecule has 2 aromatic rings. The number of fused-ring (bicyclic) bond motifs is 1. The quantitative estimate of drug-likeness (QED) is 0.732. The number of carbonyl (C=O) groups excluding carboxylic acids is 1. The standard InChI is InChI=1S/C20H20Cl2FN3O3/c1-28-16-3-2-15(23)18(19(16)22)20(27)26-5-4-25-10-17(29-11-14(25)9-26)12-6-13(21)8-24-7-12/h2-3,6-8,14,17H,4-5,9-11H2,1H3/t14-,17-/m0/s1. The number of amides is 1. The first-order valence-corrected chi connectivity index (χ1v) is 10.0. The minimum Gasteiger partial charge on any atom is -0.495 e. The molecule has 0 saturated carbocycles. The molecule has 1 amide bonds. The Morgan fingerprint density at radius 1 is 1.28 bits per heavy atom. The molecule has 29 heavy (non-hydrogen) atoms. The summed E-state index contributed by atoms with van der Waals surface area (Å²) in [6.07, 6.45) is 3.22. The van der Waals surface area contributed by atoms with Crippen molar-refractivity contribution in [3.63, 3.8) is 0 Å². The minimum absolute atomic E-state index is 0.00616. The van der Waals surface area contributed by atoms with Gasteiger partial charge < -0.3 is 14.4 Å². The van der Waals surface area contributed by atoms with Crippen molar-refractivity contribution in [3.8, 4) is 5.75 Å². The van der Waals surface area contributed by atoms with Crippen LogP contribution in [-0.4, -0.2) is 66.6 Å². The number of hydrogen-bond acceptors (Lipinski definition) is 5. The highest BCUT2D eigenvalue weighted by Gasteiger charge is 2.37. The van der Waals surface area contributed by atoms with Crippen LogP contribution in [0.15, 0.2) is 30.6 Å². The van der Waals surface area contributed by atoms with Gasteiger partial charge in [-0.15, -0.1) is 0 Å². The smallest absolute Gasteiger partial charge is 0.258 e. The summed E-state index contributed by atoms with van der Waals surface area (Å²) in [5.41, 5.74) is 0.777. The lowest BCUT2D eigenvalue weighted by Crippen LogP contribution is -2.59. The van der Waals surface area contributed by atoms with Crippen molar-refractivity contribution in [2.75, 3.05) is 39.9 Å². The van der Waals surface area contributed by atoms with Crippen molar-refractivity contribution in [2.24, 2.45) is 0 Å². The van der Waals surface area contributed by atoms with Crippen LogP contribution in [0, 0.1) is 5.82 Å².